The zero-order valence-electron chi connectivity index (χ0n) is 44.9. The lowest BCUT2D eigenvalue weighted by atomic mass is 9.47. The maximum Gasteiger partial charge on any atom is 0.416 e. The molecular weight excluding hydrogens is 954 g/mol. The number of ether oxygens (including phenoxy) is 2. The highest BCUT2D eigenvalue weighted by Crippen LogP contribution is 2.67. The van der Waals surface area contributed by atoms with Crippen LogP contribution < -0.4 is 5.32 Å². The number of aromatic amines is 1. The minimum atomic E-state index is -4.64. The molecule has 5 aliphatic rings. The van der Waals surface area contributed by atoms with Crippen LogP contribution in [0.25, 0.3) is 11.0 Å². The number of hydrogen-bond acceptors (Lipinski definition) is 9. The highest BCUT2D eigenvalue weighted by Gasteiger charge is 2.59. The largest absolute Gasteiger partial charge is 0.464 e. The number of alkyl halides is 3. The van der Waals surface area contributed by atoms with E-state index in [9.17, 15) is 27.6 Å². The van der Waals surface area contributed by atoms with E-state index in [4.69, 9.17) is 9.47 Å². The summed E-state index contributed by atoms with van der Waals surface area (Å²) in [6.45, 7) is 17.2. The molecule has 4 aromatic rings. The molecule has 3 saturated carbocycles. The maximum absolute atomic E-state index is 14.5. The quantitative estimate of drug-likeness (QED) is 0.0640. The van der Waals surface area contributed by atoms with Gasteiger partial charge in [0.25, 0.3) is 5.91 Å². The van der Waals surface area contributed by atoms with E-state index in [1.165, 1.54) is 62.7 Å². The second kappa shape index (κ2) is 23.0. The van der Waals surface area contributed by atoms with E-state index < -0.39 is 23.6 Å². The fraction of sp³-hybridized carbons (Fsp3) is 0.590. The number of pyridine rings is 1. The Balaban J connectivity index is 0.683. The summed E-state index contributed by atoms with van der Waals surface area (Å²) in [4.78, 5) is 47.5. The molecule has 1 aliphatic heterocycles. The molecule has 75 heavy (non-hydrogen) atoms. The third kappa shape index (κ3) is 12.5. The lowest BCUT2D eigenvalue weighted by molar-refractivity contribution is -0.155. The van der Waals surface area contributed by atoms with Crippen molar-refractivity contribution in [2.24, 2.45) is 46.3 Å². The number of hydrogen-bond donors (Lipinski definition) is 2. The molecular formula is C61H77F3N6O5. The molecule has 0 spiro atoms. The fourth-order valence-corrected chi connectivity index (χ4v) is 14.2. The van der Waals surface area contributed by atoms with E-state index in [1.807, 2.05) is 17.9 Å². The molecule has 14 heteroatoms. The summed E-state index contributed by atoms with van der Waals surface area (Å²) in [5.74, 6) is 9.46. The molecule has 2 aromatic carbocycles. The highest BCUT2D eigenvalue weighted by atomic mass is 19.4. The van der Waals surface area contributed by atoms with E-state index in [2.05, 4.69) is 77.9 Å². The van der Waals surface area contributed by atoms with Gasteiger partial charge in [-0.25, -0.2) is 4.98 Å². The third-order valence-electron chi connectivity index (χ3n) is 18.4. The lowest BCUT2D eigenvalue weighted by Gasteiger charge is -2.58. The van der Waals surface area contributed by atoms with Crippen LogP contribution in [0.2, 0.25) is 0 Å². The van der Waals surface area contributed by atoms with Gasteiger partial charge in [0.15, 0.2) is 5.65 Å². The Kier molecular flexibility index (Phi) is 16.6. The molecule has 0 radical (unpaired) electrons. The third-order valence-corrected chi connectivity index (χ3v) is 18.4. The molecule has 3 heterocycles. The number of H-pyrrole nitrogens is 1. The van der Waals surface area contributed by atoms with Crippen molar-refractivity contribution in [1.82, 2.24) is 25.0 Å². The number of aromatic nitrogens is 3. The van der Waals surface area contributed by atoms with Gasteiger partial charge in [-0.05, 0) is 140 Å². The number of nitrogens with one attached hydrogen (secondary N) is 2. The van der Waals surface area contributed by atoms with E-state index >= 15 is 0 Å². The molecule has 2 aromatic heterocycles. The number of piperazine rings is 1. The molecule has 0 bridgehead atoms. The number of aryl methyl sites for hydroxylation is 1. The number of rotatable bonds is 16. The molecule has 2 N–H and O–H groups in total. The summed E-state index contributed by atoms with van der Waals surface area (Å²) >= 11 is 0. The molecule has 4 aliphatic carbocycles. The average molecular weight is 1030 g/mol. The van der Waals surface area contributed by atoms with Crippen LogP contribution in [0.5, 0.6) is 0 Å². The number of carbonyl (C=O) groups is 3. The SMILES string of the molecule is Cc1ccc(C(=O)Nc2ccc(CN3CCN(CCOC(=O)CCC(=O)OC4CCC5(C)C(=CCC6C5CCC5(C)C(C(C)CCCC(C)C)CCC65)C4)CC3)c(C(F)(F)F)c2)cc1C#Cc1cnc2[nH]ncc2c1. The molecule has 8 atom stereocenters. The predicted octanol–water partition coefficient (Wildman–Crippen LogP) is 12.3. The molecule has 9 rings (SSSR count). The minimum absolute atomic E-state index is 0.0202. The van der Waals surface area contributed by atoms with Gasteiger partial charge < -0.3 is 14.8 Å². The number of halogens is 3. The molecule has 1 amide bonds. The zero-order valence-corrected chi connectivity index (χ0v) is 44.9. The number of esters is 2. The first-order valence-corrected chi connectivity index (χ1v) is 27.8. The predicted molar refractivity (Wildman–Crippen MR) is 285 cm³/mol. The van der Waals surface area contributed by atoms with Gasteiger partial charge in [-0.2, -0.15) is 18.3 Å². The van der Waals surface area contributed by atoms with Crippen LogP contribution in [-0.2, 0) is 31.8 Å². The summed E-state index contributed by atoms with van der Waals surface area (Å²) in [5.41, 5.74) is 4.46. The summed E-state index contributed by atoms with van der Waals surface area (Å²) in [7, 11) is 0. The van der Waals surface area contributed by atoms with Gasteiger partial charge in [-0.1, -0.05) is 89.5 Å². The Bertz CT molecular complexity index is 2800. The standard InChI is InChI=1S/C61H77F3N6O5/c1-39(2)8-7-9-41(4)51-18-19-52-50-17-15-47-34-49(22-24-59(47,5)53(50)23-25-60(51,52)6)75-56(72)21-20-55(71)74-31-30-69-26-28-70(29-27-69)38-45-14-16-48(35-54(45)61(62,63)64)67-58(73)44-12-10-40(3)43(33-44)13-11-42-32-46-37-66-68-57(46)65-36-42/h10,12,14-16,32-33,35-37,39,41,49-53H,7-9,17-31,34,38H2,1-6H3,(H,67,73)(H,65,66,68). The number of benzene rings is 2. The second-order valence-corrected chi connectivity index (χ2v) is 23.6. The number of fused-ring (bicyclic) bond motifs is 6. The van der Waals surface area contributed by atoms with Crippen molar-refractivity contribution in [3.05, 3.63) is 99.9 Å². The van der Waals surface area contributed by atoms with Crippen molar-refractivity contribution in [1.29, 1.82) is 0 Å². The first-order chi connectivity index (χ1) is 35.9. The Labute approximate surface area is 441 Å². The summed E-state index contributed by atoms with van der Waals surface area (Å²) in [5, 5.41) is 10.2. The lowest BCUT2D eigenvalue weighted by Crippen LogP contribution is -2.51. The molecule has 402 valence electrons. The van der Waals surface area contributed by atoms with Gasteiger partial charge in [0.2, 0.25) is 0 Å². The van der Waals surface area contributed by atoms with Crippen molar-refractivity contribution in [2.45, 2.75) is 144 Å². The van der Waals surface area contributed by atoms with Gasteiger partial charge in [0.05, 0.1) is 24.6 Å². The van der Waals surface area contributed by atoms with E-state index in [1.54, 1.807) is 30.6 Å². The molecule has 4 fully saturated rings. The Morgan fingerprint density at radius 2 is 1.68 bits per heavy atom. The van der Waals surface area contributed by atoms with Crippen LogP contribution >= 0.6 is 0 Å². The second-order valence-electron chi connectivity index (χ2n) is 23.6. The fourth-order valence-electron chi connectivity index (χ4n) is 14.2. The highest BCUT2D eigenvalue weighted by molar-refractivity contribution is 6.04. The zero-order chi connectivity index (χ0) is 53.1. The Morgan fingerprint density at radius 1 is 0.893 bits per heavy atom. The minimum Gasteiger partial charge on any atom is -0.464 e. The van der Waals surface area contributed by atoms with Crippen LogP contribution in [-0.4, -0.2) is 88.3 Å². The van der Waals surface area contributed by atoms with Crippen molar-refractivity contribution in [3.8, 4) is 11.8 Å². The van der Waals surface area contributed by atoms with Gasteiger partial charge in [-0.15, -0.1) is 0 Å². The van der Waals surface area contributed by atoms with Crippen molar-refractivity contribution in [3.63, 3.8) is 0 Å². The van der Waals surface area contributed by atoms with E-state index in [-0.39, 0.29) is 60.3 Å². The summed E-state index contributed by atoms with van der Waals surface area (Å²) in [6.07, 6.45) is 14.2. The number of nitrogens with zero attached hydrogens (tertiary/aromatic N) is 4. The van der Waals surface area contributed by atoms with Crippen LogP contribution in [0.4, 0.5) is 18.9 Å². The summed E-state index contributed by atoms with van der Waals surface area (Å²) in [6, 6.07) is 10.8. The van der Waals surface area contributed by atoms with Crippen molar-refractivity contribution in [2.75, 3.05) is 44.6 Å². The van der Waals surface area contributed by atoms with Crippen molar-refractivity contribution >= 4 is 34.6 Å². The number of allylic oxidation sites excluding steroid dienone is 1. The van der Waals surface area contributed by atoms with Gasteiger partial charge >= 0.3 is 18.1 Å². The van der Waals surface area contributed by atoms with Crippen LogP contribution in [0.15, 0.2) is 66.5 Å². The van der Waals surface area contributed by atoms with Crippen LogP contribution in [0.3, 0.4) is 0 Å². The number of anilines is 1. The van der Waals surface area contributed by atoms with Gasteiger partial charge in [0.1, 0.15) is 12.7 Å². The molecule has 11 nitrogen and oxygen atoms in total. The van der Waals surface area contributed by atoms with Gasteiger partial charge in [0, 0.05) is 79.7 Å². The van der Waals surface area contributed by atoms with E-state index in [0.29, 0.717) is 60.8 Å². The molecule has 8 unspecified atom stereocenters. The molecule has 1 saturated heterocycles. The average Bonchev–Trinajstić information content (AvgIpc) is 4.00. The monoisotopic (exact) mass is 1030 g/mol. The van der Waals surface area contributed by atoms with E-state index in [0.717, 1.165) is 72.3 Å². The first kappa shape index (κ1) is 54.3. The normalized spacial score (nSPS) is 26.3. The number of carbonyl (C=O) groups excluding carboxylic acids is 3. The summed E-state index contributed by atoms with van der Waals surface area (Å²) < 4.78 is 55.0. The number of amides is 1. The van der Waals surface area contributed by atoms with Crippen molar-refractivity contribution < 1.29 is 37.0 Å². The van der Waals surface area contributed by atoms with Crippen LogP contribution in [0, 0.1) is 65.1 Å². The van der Waals surface area contributed by atoms with Gasteiger partial charge in [-0.3, -0.25) is 29.3 Å². The smallest absolute Gasteiger partial charge is 0.416 e. The topological polar surface area (TPSA) is 130 Å². The Hall–Kier alpha value is -5.52. The maximum atomic E-state index is 14.5. The van der Waals surface area contributed by atoms with Crippen LogP contribution in [0.1, 0.15) is 156 Å². The first-order valence-electron chi connectivity index (χ1n) is 27.8. The Morgan fingerprint density at radius 3 is 2.47 bits per heavy atom.